The zero-order valence-corrected chi connectivity index (χ0v) is 18.6. The van der Waals surface area contributed by atoms with Gasteiger partial charge < -0.3 is 15.4 Å². The monoisotopic (exact) mass is 424 g/mol. The predicted molar refractivity (Wildman–Crippen MR) is 123 cm³/mol. The molecule has 1 aliphatic heterocycles. The number of amides is 2. The van der Waals surface area contributed by atoms with Gasteiger partial charge in [-0.15, -0.1) is 0 Å². The van der Waals surface area contributed by atoms with Crippen molar-refractivity contribution in [1.82, 2.24) is 9.80 Å². The minimum Gasteiger partial charge on any atom is -0.379 e. The first kappa shape index (κ1) is 22.9. The van der Waals surface area contributed by atoms with Crippen molar-refractivity contribution < 1.29 is 14.3 Å². The van der Waals surface area contributed by atoms with Gasteiger partial charge in [0.1, 0.15) is 0 Å². The van der Waals surface area contributed by atoms with Crippen LogP contribution in [0.25, 0.3) is 0 Å². The molecule has 1 aliphatic rings. The maximum atomic E-state index is 12.4. The van der Waals surface area contributed by atoms with Crippen molar-refractivity contribution in [3.63, 3.8) is 0 Å². The Labute approximate surface area is 184 Å². The lowest BCUT2D eigenvalue weighted by Crippen LogP contribution is -2.36. The van der Waals surface area contributed by atoms with Crippen LogP contribution >= 0.6 is 0 Å². The number of nitrogens with one attached hydrogen (secondary N) is 2. The number of para-hydroxylation sites is 1. The van der Waals surface area contributed by atoms with Gasteiger partial charge in [-0.1, -0.05) is 30.3 Å². The Morgan fingerprint density at radius 2 is 1.52 bits per heavy atom. The number of carbonyl (C=O) groups is 2. The molecule has 0 spiro atoms. The zero-order valence-electron chi connectivity index (χ0n) is 18.6. The molecule has 3 rings (SSSR count). The summed E-state index contributed by atoms with van der Waals surface area (Å²) in [6.45, 7) is 8.54. The van der Waals surface area contributed by atoms with Gasteiger partial charge in [0.05, 0.1) is 26.3 Å². The van der Waals surface area contributed by atoms with Gasteiger partial charge in [-0.05, 0) is 49.7 Å². The molecule has 2 amide bonds. The molecule has 2 aromatic rings. The quantitative estimate of drug-likeness (QED) is 0.682. The molecule has 7 heteroatoms. The lowest BCUT2D eigenvalue weighted by Gasteiger charge is -2.26. The van der Waals surface area contributed by atoms with Crippen molar-refractivity contribution >= 4 is 23.2 Å². The van der Waals surface area contributed by atoms with Crippen molar-refractivity contribution in [2.45, 2.75) is 20.4 Å². The highest BCUT2D eigenvalue weighted by Gasteiger charge is 2.14. The Morgan fingerprint density at radius 1 is 0.935 bits per heavy atom. The summed E-state index contributed by atoms with van der Waals surface area (Å²) in [4.78, 5) is 28.8. The summed E-state index contributed by atoms with van der Waals surface area (Å²) in [7, 11) is 1.76. The van der Waals surface area contributed by atoms with E-state index in [0.717, 1.165) is 55.3 Å². The summed E-state index contributed by atoms with van der Waals surface area (Å²) in [5, 5.41) is 5.85. The van der Waals surface area contributed by atoms with E-state index in [2.05, 4.69) is 15.5 Å². The maximum Gasteiger partial charge on any atom is 0.238 e. The molecular weight excluding hydrogens is 392 g/mol. The smallest absolute Gasteiger partial charge is 0.238 e. The normalized spacial score (nSPS) is 14.5. The highest BCUT2D eigenvalue weighted by molar-refractivity contribution is 5.95. The lowest BCUT2D eigenvalue weighted by molar-refractivity contribution is -0.119. The number of benzene rings is 2. The molecule has 1 fully saturated rings. The fourth-order valence-electron chi connectivity index (χ4n) is 3.65. The number of carbonyl (C=O) groups excluding carboxylic acids is 2. The third-order valence-electron chi connectivity index (χ3n) is 5.32. The summed E-state index contributed by atoms with van der Waals surface area (Å²) >= 11 is 0. The summed E-state index contributed by atoms with van der Waals surface area (Å²) < 4.78 is 5.38. The van der Waals surface area contributed by atoms with Gasteiger partial charge in [-0.3, -0.25) is 19.4 Å². The summed E-state index contributed by atoms with van der Waals surface area (Å²) in [5.41, 5.74) is 4.84. The Balaban J connectivity index is 1.43. The SMILES string of the molecule is Cc1cccc(C)c1NC(=O)CN(C)CC(=O)Nc1ccc(CN2CCOCC2)cc1. The van der Waals surface area contributed by atoms with Gasteiger partial charge in [0.2, 0.25) is 11.8 Å². The van der Waals surface area contributed by atoms with E-state index in [9.17, 15) is 9.59 Å². The van der Waals surface area contributed by atoms with Crippen LogP contribution in [0.4, 0.5) is 11.4 Å². The lowest BCUT2D eigenvalue weighted by atomic mass is 10.1. The van der Waals surface area contributed by atoms with Crippen LogP contribution in [0.2, 0.25) is 0 Å². The molecule has 1 heterocycles. The number of morpholine rings is 1. The molecule has 166 valence electrons. The molecule has 2 N–H and O–H groups in total. The molecular formula is C24H32N4O3. The van der Waals surface area contributed by atoms with Gasteiger partial charge in [0.15, 0.2) is 0 Å². The van der Waals surface area contributed by atoms with Crippen LogP contribution in [0.1, 0.15) is 16.7 Å². The number of hydrogen-bond donors (Lipinski definition) is 2. The van der Waals surface area contributed by atoms with Crippen LogP contribution in [0.15, 0.2) is 42.5 Å². The van der Waals surface area contributed by atoms with Gasteiger partial charge in [-0.25, -0.2) is 0 Å². The largest absolute Gasteiger partial charge is 0.379 e. The third-order valence-corrected chi connectivity index (χ3v) is 5.32. The minimum absolute atomic E-state index is 0.135. The number of anilines is 2. The van der Waals surface area contributed by atoms with Crippen LogP contribution in [-0.2, 0) is 20.9 Å². The Bertz CT molecular complexity index is 872. The van der Waals surface area contributed by atoms with Gasteiger partial charge in [0, 0.05) is 31.0 Å². The molecule has 2 aromatic carbocycles. The number of ether oxygens (including phenoxy) is 1. The Morgan fingerprint density at radius 3 is 2.13 bits per heavy atom. The topological polar surface area (TPSA) is 73.9 Å². The van der Waals surface area contributed by atoms with Crippen molar-refractivity contribution in [1.29, 1.82) is 0 Å². The summed E-state index contributed by atoms with van der Waals surface area (Å²) in [5.74, 6) is -0.288. The Kier molecular flexibility index (Phi) is 8.17. The molecule has 0 radical (unpaired) electrons. The van der Waals surface area contributed by atoms with E-state index in [1.807, 2.05) is 56.3 Å². The first-order chi connectivity index (χ1) is 14.9. The van der Waals surface area contributed by atoms with Crippen LogP contribution < -0.4 is 10.6 Å². The number of likely N-dealkylation sites (N-methyl/N-ethyl adjacent to an activating group) is 1. The molecule has 0 bridgehead atoms. The predicted octanol–water partition coefficient (Wildman–Crippen LogP) is 2.64. The average Bonchev–Trinajstić information content (AvgIpc) is 2.73. The van der Waals surface area contributed by atoms with E-state index in [0.29, 0.717) is 0 Å². The molecule has 0 aromatic heterocycles. The van der Waals surface area contributed by atoms with Crippen molar-refractivity contribution in [2.24, 2.45) is 0 Å². The van der Waals surface area contributed by atoms with Crippen LogP contribution in [0, 0.1) is 13.8 Å². The number of hydrogen-bond acceptors (Lipinski definition) is 5. The molecule has 1 saturated heterocycles. The van der Waals surface area contributed by atoms with E-state index >= 15 is 0 Å². The first-order valence-corrected chi connectivity index (χ1v) is 10.6. The maximum absolute atomic E-state index is 12.4. The molecule has 0 atom stereocenters. The van der Waals surface area contributed by atoms with E-state index < -0.39 is 0 Å². The number of aryl methyl sites for hydroxylation is 2. The van der Waals surface area contributed by atoms with Crippen LogP contribution in [-0.4, -0.2) is 68.1 Å². The first-order valence-electron chi connectivity index (χ1n) is 10.6. The van der Waals surface area contributed by atoms with Crippen LogP contribution in [0.5, 0.6) is 0 Å². The molecule has 0 aliphatic carbocycles. The Hall–Kier alpha value is -2.74. The molecule has 0 unspecified atom stereocenters. The minimum atomic E-state index is -0.150. The summed E-state index contributed by atoms with van der Waals surface area (Å²) in [6, 6.07) is 13.8. The van der Waals surface area contributed by atoms with Gasteiger partial charge in [-0.2, -0.15) is 0 Å². The highest BCUT2D eigenvalue weighted by atomic mass is 16.5. The van der Waals surface area contributed by atoms with E-state index in [4.69, 9.17) is 4.74 Å². The standard InChI is InChI=1S/C24H32N4O3/c1-18-5-4-6-19(2)24(18)26-23(30)17-27(3)16-22(29)25-21-9-7-20(8-10-21)15-28-11-13-31-14-12-28/h4-10H,11-17H2,1-3H3,(H,25,29)(H,26,30). The van der Waals surface area contributed by atoms with Crippen molar-refractivity contribution in [3.8, 4) is 0 Å². The second-order valence-corrected chi connectivity index (χ2v) is 8.12. The van der Waals surface area contributed by atoms with Crippen LogP contribution in [0.3, 0.4) is 0 Å². The fraction of sp³-hybridized carbons (Fsp3) is 0.417. The summed E-state index contributed by atoms with van der Waals surface area (Å²) in [6.07, 6.45) is 0. The third kappa shape index (κ3) is 7.17. The van der Waals surface area contributed by atoms with E-state index in [1.165, 1.54) is 5.56 Å². The fourth-order valence-corrected chi connectivity index (χ4v) is 3.65. The van der Waals surface area contributed by atoms with Gasteiger partial charge in [0.25, 0.3) is 0 Å². The molecule has 0 saturated carbocycles. The van der Waals surface area contributed by atoms with E-state index in [-0.39, 0.29) is 24.9 Å². The molecule has 31 heavy (non-hydrogen) atoms. The number of rotatable bonds is 8. The average molecular weight is 425 g/mol. The number of nitrogens with zero attached hydrogens (tertiary/aromatic N) is 2. The van der Waals surface area contributed by atoms with Crippen molar-refractivity contribution in [2.75, 3.05) is 57.1 Å². The van der Waals surface area contributed by atoms with E-state index in [1.54, 1.807) is 11.9 Å². The second kappa shape index (κ2) is 11.0. The van der Waals surface area contributed by atoms with Gasteiger partial charge >= 0.3 is 0 Å². The second-order valence-electron chi connectivity index (χ2n) is 8.12. The zero-order chi connectivity index (χ0) is 22.2. The van der Waals surface area contributed by atoms with Crippen molar-refractivity contribution in [3.05, 3.63) is 59.2 Å². The molecule has 7 nitrogen and oxygen atoms in total. The highest BCUT2D eigenvalue weighted by Crippen LogP contribution is 2.19.